The lowest BCUT2D eigenvalue weighted by molar-refractivity contribution is -0.132. The van der Waals surface area contributed by atoms with Gasteiger partial charge in [-0.3, -0.25) is 0 Å². The van der Waals surface area contributed by atoms with Crippen LogP contribution in [0.25, 0.3) is 11.0 Å². The van der Waals surface area contributed by atoms with Gasteiger partial charge in [-0.15, -0.1) is 0 Å². The molecule has 1 aromatic heterocycles. The van der Waals surface area contributed by atoms with Gasteiger partial charge in [0.1, 0.15) is 11.5 Å². The maximum absolute atomic E-state index is 11.4. The largest absolute Gasteiger partial charge is 0.464 e. The second-order valence-corrected chi connectivity index (χ2v) is 3.87. The molecule has 1 aromatic carbocycles. The number of carbonyl (C=O) groups excluding carboxylic acids is 1. The number of aryl methyl sites for hydroxylation is 1. The van der Waals surface area contributed by atoms with Gasteiger partial charge in [0, 0.05) is 12.8 Å². The molecule has 0 atom stereocenters. The van der Waals surface area contributed by atoms with Gasteiger partial charge in [0.25, 0.3) is 0 Å². The summed E-state index contributed by atoms with van der Waals surface area (Å²) in [6, 6.07) is 7.75. The van der Waals surface area contributed by atoms with E-state index in [2.05, 4.69) is 14.8 Å². The standard InChI is InChI=1S/C12H11N3O2/c1-17-12(16)9-6-7-11-13-8-4-2-3-5-10(8)15(11)14-9/h2-5H,6-7H2,1H3. The van der Waals surface area contributed by atoms with Crippen molar-refractivity contribution in [1.29, 1.82) is 0 Å². The van der Waals surface area contributed by atoms with Crippen LogP contribution in [0.15, 0.2) is 29.4 Å². The fourth-order valence-electron chi connectivity index (χ4n) is 2.00. The molecule has 17 heavy (non-hydrogen) atoms. The first-order valence-corrected chi connectivity index (χ1v) is 5.42. The number of fused-ring (bicyclic) bond motifs is 3. The van der Waals surface area contributed by atoms with E-state index >= 15 is 0 Å². The monoisotopic (exact) mass is 229 g/mol. The quantitative estimate of drug-likeness (QED) is 0.694. The number of ether oxygens (including phenoxy) is 1. The van der Waals surface area contributed by atoms with Gasteiger partial charge in [0.2, 0.25) is 0 Å². The number of aromatic nitrogens is 2. The zero-order valence-electron chi connectivity index (χ0n) is 9.38. The minimum Gasteiger partial charge on any atom is -0.464 e. The fraction of sp³-hybridized carbons (Fsp3) is 0.250. The van der Waals surface area contributed by atoms with Crippen molar-refractivity contribution in [2.75, 3.05) is 7.11 Å². The van der Waals surface area contributed by atoms with Crippen LogP contribution in [0.3, 0.4) is 0 Å². The van der Waals surface area contributed by atoms with Gasteiger partial charge in [0.05, 0.1) is 18.1 Å². The summed E-state index contributed by atoms with van der Waals surface area (Å²) in [5.41, 5.74) is 2.27. The van der Waals surface area contributed by atoms with Gasteiger partial charge in [-0.2, -0.15) is 5.10 Å². The van der Waals surface area contributed by atoms with Gasteiger partial charge < -0.3 is 4.74 Å². The molecule has 86 valence electrons. The molecular weight excluding hydrogens is 218 g/mol. The molecule has 0 radical (unpaired) electrons. The highest BCUT2D eigenvalue weighted by Crippen LogP contribution is 2.20. The zero-order valence-corrected chi connectivity index (χ0v) is 9.38. The molecular formula is C12H11N3O2. The van der Waals surface area contributed by atoms with Crippen LogP contribution >= 0.6 is 0 Å². The van der Waals surface area contributed by atoms with Crippen LogP contribution in [0.2, 0.25) is 0 Å². The molecule has 0 unspecified atom stereocenters. The Morgan fingerprint density at radius 2 is 2.18 bits per heavy atom. The number of hydrogen-bond donors (Lipinski definition) is 0. The molecule has 1 aliphatic heterocycles. The third-order valence-corrected chi connectivity index (χ3v) is 2.83. The molecule has 0 bridgehead atoms. The molecule has 0 fully saturated rings. The second-order valence-electron chi connectivity index (χ2n) is 3.87. The predicted molar refractivity (Wildman–Crippen MR) is 62.9 cm³/mol. The van der Waals surface area contributed by atoms with E-state index in [-0.39, 0.29) is 5.97 Å². The van der Waals surface area contributed by atoms with Crippen LogP contribution in [0.1, 0.15) is 12.2 Å². The van der Waals surface area contributed by atoms with E-state index < -0.39 is 0 Å². The SMILES string of the molecule is COC(=O)C1=Nn2c(nc3ccccc32)CC1. The van der Waals surface area contributed by atoms with Gasteiger partial charge in [-0.1, -0.05) is 12.1 Å². The molecule has 1 aliphatic rings. The van der Waals surface area contributed by atoms with E-state index in [9.17, 15) is 4.79 Å². The summed E-state index contributed by atoms with van der Waals surface area (Å²) in [5, 5.41) is 4.30. The number of carbonyl (C=O) groups is 1. The van der Waals surface area contributed by atoms with Crippen LogP contribution in [0.4, 0.5) is 0 Å². The Kier molecular flexibility index (Phi) is 2.18. The summed E-state index contributed by atoms with van der Waals surface area (Å²) in [6.45, 7) is 0. The molecule has 0 N–H and O–H groups in total. The highest BCUT2D eigenvalue weighted by Gasteiger charge is 2.21. The third kappa shape index (κ3) is 1.51. The molecule has 3 rings (SSSR count). The van der Waals surface area contributed by atoms with Gasteiger partial charge >= 0.3 is 5.97 Å². The Morgan fingerprint density at radius 3 is 3.00 bits per heavy atom. The topological polar surface area (TPSA) is 56.5 Å². The second kappa shape index (κ2) is 3.69. The Bertz CT molecular complexity index is 628. The number of nitrogens with zero attached hydrogens (tertiary/aromatic N) is 3. The summed E-state index contributed by atoms with van der Waals surface area (Å²) in [6.07, 6.45) is 1.29. The van der Waals surface area contributed by atoms with Crippen LogP contribution in [-0.4, -0.2) is 28.5 Å². The van der Waals surface area contributed by atoms with Crippen molar-refractivity contribution in [2.45, 2.75) is 12.8 Å². The van der Waals surface area contributed by atoms with E-state index in [0.717, 1.165) is 16.9 Å². The number of imidazole rings is 1. The van der Waals surface area contributed by atoms with Crippen molar-refractivity contribution in [2.24, 2.45) is 5.10 Å². The Hall–Kier alpha value is -2.17. The number of rotatable bonds is 1. The molecule has 0 amide bonds. The molecule has 0 spiro atoms. The first kappa shape index (κ1) is 10.0. The lowest BCUT2D eigenvalue weighted by Gasteiger charge is -2.11. The van der Waals surface area contributed by atoms with E-state index in [4.69, 9.17) is 0 Å². The molecule has 2 aromatic rings. The van der Waals surface area contributed by atoms with Gasteiger partial charge in [-0.25, -0.2) is 14.5 Å². The number of hydrogen-bond acceptors (Lipinski definition) is 4. The molecule has 0 aliphatic carbocycles. The summed E-state index contributed by atoms with van der Waals surface area (Å²) in [4.78, 5) is 15.9. The van der Waals surface area contributed by atoms with Crippen LogP contribution in [-0.2, 0) is 16.0 Å². The highest BCUT2D eigenvalue weighted by atomic mass is 16.5. The van der Waals surface area contributed by atoms with E-state index in [1.54, 1.807) is 4.68 Å². The summed E-state index contributed by atoms with van der Waals surface area (Å²) >= 11 is 0. The lowest BCUT2D eigenvalue weighted by atomic mass is 10.2. The van der Waals surface area contributed by atoms with Crippen LogP contribution in [0.5, 0.6) is 0 Å². The molecule has 0 saturated carbocycles. The lowest BCUT2D eigenvalue weighted by Crippen LogP contribution is -2.22. The Labute approximate surface area is 97.7 Å². The van der Waals surface area contributed by atoms with Gasteiger partial charge in [0.15, 0.2) is 0 Å². The fourth-order valence-corrected chi connectivity index (χ4v) is 2.00. The summed E-state index contributed by atoms with van der Waals surface area (Å²) < 4.78 is 6.42. The zero-order chi connectivity index (χ0) is 11.8. The average Bonchev–Trinajstić information content (AvgIpc) is 2.75. The number of para-hydroxylation sites is 2. The number of benzene rings is 1. The summed E-state index contributed by atoms with van der Waals surface area (Å²) in [5.74, 6) is 0.521. The Morgan fingerprint density at radius 1 is 1.35 bits per heavy atom. The van der Waals surface area contributed by atoms with Crippen LogP contribution < -0.4 is 0 Å². The van der Waals surface area contributed by atoms with Crippen molar-refractivity contribution in [1.82, 2.24) is 9.66 Å². The maximum atomic E-state index is 11.4. The van der Waals surface area contributed by atoms with Crippen molar-refractivity contribution >= 4 is 22.7 Å². The molecule has 5 heteroatoms. The Balaban J connectivity index is 2.18. The molecule has 2 heterocycles. The number of methoxy groups -OCH3 is 1. The smallest absolute Gasteiger partial charge is 0.354 e. The maximum Gasteiger partial charge on any atom is 0.354 e. The van der Waals surface area contributed by atoms with Crippen molar-refractivity contribution in [3.63, 3.8) is 0 Å². The predicted octanol–water partition coefficient (Wildman–Crippen LogP) is 1.36. The van der Waals surface area contributed by atoms with Crippen LogP contribution in [0, 0.1) is 0 Å². The van der Waals surface area contributed by atoms with Crippen molar-refractivity contribution in [3.05, 3.63) is 30.1 Å². The molecule has 0 saturated heterocycles. The normalized spacial score (nSPS) is 14.3. The first-order valence-electron chi connectivity index (χ1n) is 5.42. The van der Waals surface area contributed by atoms with E-state index in [1.165, 1.54) is 7.11 Å². The third-order valence-electron chi connectivity index (χ3n) is 2.83. The van der Waals surface area contributed by atoms with Crippen molar-refractivity contribution in [3.8, 4) is 0 Å². The minimum atomic E-state index is -0.367. The van der Waals surface area contributed by atoms with E-state index in [0.29, 0.717) is 18.6 Å². The summed E-state index contributed by atoms with van der Waals surface area (Å²) in [7, 11) is 1.37. The van der Waals surface area contributed by atoms with E-state index in [1.807, 2.05) is 24.3 Å². The molecule has 5 nitrogen and oxygen atoms in total. The van der Waals surface area contributed by atoms with Crippen molar-refractivity contribution < 1.29 is 9.53 Å². The minimum absolute atomic E-state index is 0.367. The first-order chi connectivity index (χ1) is 8.29. The van der Waals surface area contributed by atoms with Gasteiger partial charge in [-0.05, 0) is 12.1 Å². The average molecular weight is 229 g/mol. The highest BCUT2D eigenvalue weighted by molar-refractivity contribution is 6.36. The number of esters is 1.